The molecule has 1 aliphatic rings. The Morgan fingerprint density at radius 1 is 1.27 bits per heavy atom. The van der Waals surface area contributed by atoms with Gasteiger partial charge in [-0.2, -0.15) is 0 Å². The molecule has 0 spiro atoms. The fourth-order valence-electron chi connectivity index (χ4n) is 3.72. The van der Waals surface area contributed by atoms with Crippen LogP contribution in [0.15, 0.2) is 73.1 Å². The largest absolute Gasteiger partial charge is 0.500 e. The number of carbonyl (C=O) groups excluding carboxylic acids is 1. The highest BCUT2D eigenvalue weighted by atomic mass is 19.1. The highest BCUT2D eigenvalue weighted by molar-refractivity contribution is 6.00. The Morgan fingerprint density at radius 3 is 2.70 bits per heavy atom. The summed E-state index contributed by atoms with van der Waals surface area (Å²) < 4.78 is 19.0. The molecule has 2 atom stereocenters. The van der Waals surface area contributed by atoms with Gasteiger partial charge in [-0.3, -0.25) is 4.79 Å². The van der Waals surface area contributed by atoms with Gasteiger partial charge in [-0.25, -0.2) is 4.39 Å². The minimum atomic E-state index is -0.460. The van der Waals surface area contributed by atoms with E-state index in [0.29, 0.717) is 36.3 Å². The first-order valence-corrected chi connectivity index (χ1v) is 9.93. The Morgan fingerprint density at radius 2 is 1.97 bits per heavy atom. The number of halogens is 1. The summed E-state index contributed by atoms with van der Waals surface area (Å²) in [6.45, 7) is 8.17. The number of rotatable bonds is 9. The number of nitrogens with zero attached hydrogens (tertiary/aromatic N) is 1. The van der Waals surface area contributed by atoms with E-state index in [-0.39, 0.29) is 24.3 Å². The van der Waals surface area contributed by atoms with Gasteiger partial charge < -0.3 is 20.7 Å². The molecule has 30 heavy (non-hydrogen) atoms. The lowest BCUT2D eigenvalue weighted by Crippen LogP contribution is -2.51. The minimum absolute atomic E-state index is 0.0734. The molecule has 1 heterocycles. The number of hydrogen-bond donors (Lipinski definition) is 2. The van der Waals surface area contributed by atoms with Crippen LogP contribution in [0.3, 0.4) is 0 Å². The summed E-state index contributed by atoms with van der Waals surface area (Å²) in [6.07, 6.45) is 1.38. The van der Waals surface area contributed by atoms with E-state index in [4.69, 9.17) is 10.5 Å². The molecule has 0 saturated carbocycles. The molecule has 0 saturated heterocycles. The van der Waals surface area contributed by atoms with Crippen molar-refractivity contribution in [2.75, 3.05) is 18.6 Å². The fraction of sp³-hybridized carbons (Fsp3) is 0.292. The molecule has 158 valence electrons. The molecule has 1 aliphatic heterocycles. The van der Waals surface area contributed by atoms with Gasteiger partial charge in [0.1, 0.15) is 17.6 Å². The number of amides is 1. The fourth-order valence-corrected chi connectivity index (χ4v) is 3.72. The van der Waals surface area contributed by atoms with Crippen LogP contribution < -0.4 is 16.0 Å². The van der Waals surface area contributed by atoms with Gasteiger partial charge in [0, 0.05) is 30.3 Å². The lowest BCUT2D eigenvalue weighted by Gasteiger charge is -2.35. The first-order valence-electron chi connectivity index (χ1n) is 9.93. The summed E-state index contributed by atoms with van der Waals surface area (Å²) in [5, 5.41) is 3.23. The standard InChI is InChI=1S/C24H28FN3O2/c1-16(12-20(26)13-18-8-4-6-10-21(18)25)27-22-14-19-9-5-7-11-23(19)28(24(22)29)15-17(2)30-3/h4-11,20,22,27H,1-2,12-15,26H2,3H3. The number of nitrogens with one attached hydrogen (secondary N) is 1. The molecule has 5 nitrogen and oxygen atoms in total. The zero-order chi connectivity index (χ0) is 21.7. The SMILES string of the molecule is C=C(CC(N)Cc1ccccc1F)NC1Cc2ccccc2N(CC(=C)OC)C1=O. The van der Waals surface area contributed by atoms with E-state index in [1.54, 1.807) is 23.1 Å². The summed E-state index contributed by atoms with van der Waals surface area (Å²) >= 11 is 0. The number of methoxy groups -OCH3 is 1. The van der Waals surface area contributed by atoms with Crippen LogP contribution in [-0.2, 0) is 22.4 Å². The Bertz CT molecular complexity index is 944. The van der Waals surface area contributed by atoms with Gasteiger partial charge in [-0.15, -0.1) is 0 Å². The highest BCUT2D eigenvalue weighted by Gasteiger charge is 2.33. The van der Waals surface area contributed by atoms with E-state index in [9.17, 15) is 9.18 Å². The van der Waals surface area contributed by atoms with Crippen LogP contribution in [-0.4, -0.2) is 31.6 Å². The molecule has 0 fully saturated rings. The number of nitrogens with two attached hydrogens (primary N) is 1. The van der Waals surface area contributed by atoms with Crippen LogP contribution >= 0.6 is 0 Å². The zero-order valence-electron chi connectivity index (χ0n) is 17.2. The average molecular weight is 410 g/mol. The summed E-state index contributed by atoms with van der Waals surface area (Å²) in [7, 11) is 1.54. The van der Waals surface area contributed by atoms with Gasteiger partial charge in [-0.1, -0.05) is 49.6 Å². The predicted molar refractivity (Wildman–Crippen MR) is 117 cm³/mol. The third-order valence-corrected chi connectivity index (χ3v) is 5.22. The van der Waals surface area contributed by atoms with E-state index in [1.165, 1.54) is 13.2 Å². The number of benzene rings is 2. The Hall–Kier alpha value is -3.12. The van der Waals surface area contributed by atoms with E-state index in [2.05, 4.69) is 18.5 Å². The molecule has 0 radical (unpaired) electrons. The number of ether oxygens (including phenoxy) is 1. The summed E-state index contributed by atoms with van der Waals surface area (Å²) in [5.74, 6) is 0.167. The van der Waals surface area contributed by atoms with Crippen LogP contribution in [0.4, 0.5) is 10.1 Å². The topological polar surface area (TPSA) is 67.6 Å². The Kier molecular flexibility index (Phi) is 6.90. The van der Waals surface area contributed by atoms with Crippen LogP contribution in [0.25, 0.3) is 0 Å². The third-order valence-electron chi connectivity index (χ3n) is 5.22. The number of anilines is 1. The first-order chi connectivity index (χ1) is 14.4. The predicted octanol–water partition coefficient (Wildman–Crippen LogP) is 3.31. The van der Waals surface area contributed by atoms with Gasteiger partial charge >= 0.3 is 0 Å². The molecule has 3 rings (SSSR count). The monoisotopic (exact) mass is 409 g/mol. The molecule has 0 aliphatic carbocycles. The van der Waals surface area contributed by atoms with E-state index >= 15 is 0 Å². The molecule has 2 unspecified atom stereocenters. The molecule has 6 heteroatoms. The maximum Gasteiger partial charge on any atom is 0.250 e. The molecule has 2 aromatic carbocycles. The van der Waals surface area contributed by atoms with Gasteiger partial charge in [0.05, 0.1) is 13.7 Å². The Labute approximate surface area is 177 Å². The second-order valence-electron chi connectivity index (χ2n) is 7.56. The van der Waals surface area contributed by atoms with Crippen molar-refractivity contribution >= 4 is 11.6 Å². The maximum atomic E-state index is 13.9. The second-order valence-corrected chi connectivity index (χ2v) is 7.56. The van der Waals surface area contributed by atoms with Gasteiger partial charge in [0.25, 0.3) is 0 Å². The van der Waals surface area contributed by atoms with Crippen molar-refractivity contribution < 1.29 is 13.9 Å². The van der Waals surface area contributed by atoms with Gasteiger partial charge in [0.15, 0.2) is 0 Å². The molecule has 0 bridgehead atoms. The van der Waals surface area contributed by atoms with E-state index in [1.807, 2.05) is 24.3 Å². The lowest BCUT2D eigenvalue weighted by atomic mass is 9.96. The van der Waals surface area contributed by atoms with Crippen molar-refractivity contribution in [3.8, 4) is 0 Å². The van der Waals surface area contributed by atoms with E-state index < -0.39 is 6.04 Å². The van der Waals surface area contributed by atoms with Crippen LogP contribution in [0.1, 0.15) is 17.5 Å². The summed E-state index contributed by atoms with van der Waals surface area (Å²) in [4.78, 5) is 14.8. The average Bonchev–Trinajstić information content (AvgIpc) is 2.72. The van der Waals surface area contributed by atoms with Crippen molar-refractivity contribution in [1.82, 2.24) is 5.32 Å². The van der Waals surface area contributed by atoms with Crippen LogP contribution in [0, 0.1) is 5.82 Å². The summed E-state index contributed by atoms with van der Waals surface area (Å²) in [5.41, 5.74) is 9.36. The van der Waals surface area contributed by atoms with Crippen LogP contribution in [0.2, 0.25) is 0 Å². The molecular weight excluding hydrogens is 381 g/mol. The number of carbonyl (C=O) groups is 1. The van der Waals surface area contributed by atoms with Crippen molar-refractivity contribution in [3.63, 3.8) is 0 Å². The van der Waals surface area contributed by atoms with Crippen LogP contribution in [0.5, 0.6) is 0 Å². The number of para-hydroxylation sites is 1. The van der Waals surface area contributed by atoms with Crippen molar-refractivity contribution in [2.24, 2.45) is 5.73 Å². The summed E-state index contributed by atoms with van der Waals surface area (Å²) in [6, 6.07) is 13.6. The lowest BCUT2D eigenvalue weighted by molar-refractivity contribution is -0.120. The maximum absolute atomic E-state index is 13.9. The van der Waals surface area contributed by atoms with Gasteiger partial charge in [-0.05, 0) is 29.7 Å². The number of hydrogen-bond acceptors (Lipinski definition) is 4. The van der Waals surface area contributed by atoms with Crippen molar-refractivity contribution in [1.29, 1.82) is 0 Å². The number of fused-ring (bicyclic) bond motifs is 1. The van der Waals surface area contributed by atoms with E-state index in [0.717, 1.165) is 11.3 Å². The first kappa shape index (κ1) is 21.6. The highest BCUT2D eigenvalue weighted by Crippen LogP contribution is 2.29. The van der Waals surface area contributed by atoms with Crippen molar-refractivity contribution in [3.05, 3.63) is 90.1 Å². The molecule has 3 N–H and O–H groups in total. The second kappa shape index (κ2) is 9.59. The zero-order valence-corrected chi connectivity index (χ0v) is 17.2. The smallest absolute Gasteiger partial charge is 0.250 e. The molecule has 0 aromatic heterocycles. The minimum Gasteiger partial charge on any atom is -0.500 e. The quantitative estimate of drug-likeness (QED) is 0.624. The third kappa shape index (κ3) is 5.07. The Balaban J connectivity index is 1.66. The molecular formula is C24H28FN3O2. The molecule has 2 aromatic rings. The molecule has 1 amide bonds. The van der Waals surface area contributed by atoms with Gasteiger partial charge in [0.2, 0.25) is 5.91 Å². The normalized spacial score (nSPS) is 16.6. The van der Waals surface area contributed by atoms with Crippen molar-refractivity contribution in [2.45, 2.75) is 31.3 Å².